The lowest BCUT2D eigenvalue weighted by Crippen LogP contribution is -2.35. The number of hydrogen-bond acceptors (Lipinski definition) is 3. The summed E-state index contributed by atoms with van der Waals surface area (Å²) in [7, 11) is 0. The molecule has 0 aromatic heterocycles. The highest BCUT2D eigenvalue weighted by Crippen LogP contribution is 2.23. The number of halogens is 1. The summed E-state index contributed by atoms with van der Waals surface area (Å²) < 4.78 is 13.3. The Bertz CT molecular complexity index is 446. The van der Waals surface area contributed by atoms with Crippen molar-refractivity contribution >= 4 is 0 Å². The van der Waals surface area contributed by atoms with Crippen LogP contribution in [0.15, 0.2) is 18.2 Å². The topological polar surface area (TPSA) is 26.7 Å². The van der Waals surface area contributed by atoms with Crippen molar-refractivity contribution in [3.05, 3.63) is 29.6 Å². The third-order valence-corrected chi connectivity index (χ3v) is 4.32. The Kier molecular flexibility index (Phi) is 3.71. The molecule has 1 aromatic rings. The highest BCUT2D eigenvalue weighted by molar-refractivity contribution is 5.28. The zero-order valence-corrected chi connectivity index (χ0v) is 11.2. The third-order valence-electron chi connectivity index (χ3n) is 4.32. The van der Waals surface area contributed by atoms with Gasteiger partial charge in [0.1, 0.15) is 0 Å². The summed E-state index contributed by atoms with van der Waals surface area (Å²) in [6.07, 6.45) is 3.89. The van der Waals surface area contributed by atoms with Crippen LogP contribution < -0.4 is 0 Å². The number of aromatic hydroxyl groups is 1. The standard InChI is InChI=1S/C15H21FN2O/c16-14-9-12(3-4-15(14)19)10-17-8-5-13(11-17)18-6-1-2-7-18/h3-4,9,13,19H,1-2,5-8,10-11H2. The van der Waals surface area contributed by atoms with Crippen LogP contribution in [0.4, 0.5) is 4.39 Å². The first-order valence-electron chi connectivity index (χ1n) is 7.16. The van der Waals surface area contributed by atoms with Crippen molar-refractivity contribution in [1.29, 1.82) is 0 Å². The molecule has 0 saturated carbocycles. The van der Waals surface area contributed by atoms with E-state index in [-0.39, 0.29) is 5.75 Å². The van der Waals surface area contributed by atoms with E-state index < -0.39 is 5.82 Å². The van der Waals surface area contributed by atoms with Crippen molar-refractivity contribution in [1.82, 2.24) is 9.80 Å². The van der Waals surface area contributed by atoms with Gasteiger partial charge >= 0.3 is 0 Å². The van der Waals surface area contributed by atoms with Crippen LogP contribution >= 0.6 is 0 Å². The van der Waals surface area contributed by atoms with Crippen molar-refractivity contribution in [3.8, 4) is 5.75 Å². The van der Waals surface area contributed by atoms with E-state index in [1.54, 1.807) is 0 Å². The molecule has 1 N–H and O–H groups in total. The Labute approximate surface area is 113 Å². The summed E-state index contributed by atoms with van der Waals surface area (Å²) in [6.45, 7) is 5.44. The summed E-state index contributed by atoms with van der Waals surface area (Å²) in [4.78, 5) is 4.98. The molecule has 2 heterocycles. The van der Waals surface area contributed by atoms with Gasteiger partial charge in [0.25, 0.3) is 0 Å². The first kappa shape index (κ1) is 12.9. The first-order chi connectivity index (χ1) is 9.22. The fourth-order valence-corrected chi connectivity index (χ4v) is 3.27. The maximum atomic E-state index is 13.3. The molecule has 4 heteroatoms. The second-order valence-corrected chi connectivity index (χ2v) is 5.71. The van der Waals surface area contributed by atoms with Crippen LogP contribution in [-0.2, 0) is 6.54 Å². The van der Waals surface area contributed by atoms with E-state index in [2.05, 4.69) is 9.80 Å². The normalized spacial score (nSPS) is 25.2. The lowest BCUT2D eigenvalue weighted by molar-refractivity contribution is 0.230. The zero-order valence-electron chi connectivity index (χ0n) is 11.2. The number of benzene rings is 1. The molecule has 2 aliphatic heterocycles. The molecule has 3 rings (SSSR count). The van der Waals surface area contributed by atoms with E-state index in [0.29, 0.717) is 6.04 Å². The summed E-state index contributed by atoms with van der Waals surface area (Å²) in [6, 6.07) is 5.38. The molecule has 0 radical (unpaired) electrons. The molecule has 0 amide bonds. The molecular weight excluding hydrogens is 243 g/mol. The summed E-state index contributed by atoms with van der Waals surface area (Å²) >= 11 is 0. The smallest absolute Gasteiger partial charge is 0.165 e. The van der Waals surface area contributed by atoms with Crippen LogP contribution in [-0.4, -0.2) is 47.1 Å². The van der Waals surface area contributed by atoms with Gasteiger partial charge in [-0.05, 0) is 50.0 Å². The third kappa shape index (κ3) is 2.90. The van der Waals surface area contributed by atoms with Crippen molar-refractivity contribution in [2.24, 2.45) is 0 Å². The van der Waals surface area contributed by atoms with Gasteiger partial charge in [-0.15, -0.1) is 0 Å². The van der Waals surface area contributed by atoms with Crippen LogP contribution in [0.3, 0.4) is 0 Å². The molecule has 0 bridgehead atoms. The maximum absolute atomic E-state index is 13.3. The van der Waals surface area contributed by atoms with Crippen LogP contribution in [0.25, 0.3) is 0 Å². The Balaban J connectivity index is 1.57. The van der Waals surface area contributed by atoms with Crippen LogP contribution in [0.1, 0.15) is 24.8 Å². The predicted octanol–water partition coefficient (Wildman–Crippen LogP) is 2.20. The maximum Gasteiger partial charge on any atom is 0.165 e. The van der Waals surface area contributed by atoms with Gasteiger partial charge in [-0.1, -0.05) is 6.07 Å². The second-order valence-electron chi connectivity index (χ2n) is 5.71. The van der Waals surface area contributed by atoms with Crippen LogP contribution in [0.2, 0.25) is 0 Å². The molecule has 104 valence electrons. The SMILES string of the molecule is Oc1ccc(CN2CCC(N3CCCC3)C2)cc1F. The van der Waals surface area contributed by atoms with E-state index in [9.17, 15) is 9.50 Å². The van der Waals surface area contributed by atoms with E-state index in [1.165, 1.54) is 44.5 Å². The van der Waals surface area contributed by atoms with Gasteiger partial charge in [-0.3, -0.25) is 9.80 Å². The number of rotatable bonds is 3. The van der Waals surface area contributed by atoms with Gasteiger partial charge in [-0.2, -0.15) is 0 Å². The molecule has 0 spiro atoms. The van der Waals surface area contributed by atoms with Gasteiger partial charge in [0.2, 0.25) is 0 Å². The summed E-state index contributed by atoms with van der Waals surface area (Å²) in [5.74, 6) is -0.784. The molecule has 2 saturated heterocycles. The molecule has 1 aromatic carbocycles. The van der Waals surface area contributed by atoms with Gasteiger partial charge in [0.15, 0.2) is 11.6 Å². The van der Waals surface area contributed by atoms with E-state index in [4.69, 9.17) is 0 Å². The zero-order chi connectivity index (χ0) is 13.2. The van der Waals surface area contributed by atoms with Gasteiger partial charge < -0.3 is 5.11 Å². The monoisotopic (exact) mass is 264 g/mol. The molecule has 2 aliphatic rings. The molecule has 1 unspecified atom stereocenters. The van der Waals surface area contributed by atoms with Crippen molar-refractivity contribution in [3.63, 3.8) is 0 Å². The Morgan fingerprint density at radius 3 is 2.74 bits per heavy atom. The number of nitrogens with zero attached hydrogens (tertiary/aromatic N) is 2. The molecule has 0 aliphatic carbocycles. The van der Waals surface area contributed by atoms with Crippen molar-refractivity contribution in [2.45, 2.75) is 31.8 Å². The van der Waals surface area contributed by atoms with Gasteiger partial charge in [0, 0.05) is 25.7 Å². The number of phenols is 1. The fourth-order valence-electron chi connectivity index (χ4n) is 3.27. The number of likely N-dealkylation sites (tertiary alicyclic amines) is 2. The van der Waals surface area contributed by atoms with Crippen molar-refractivity contribution in [2.75, 3.05) is 26.2 Å². The van der Waals surface area contributed by atoms with Gasteiger partial charge in [0.05, 0.1) is 0 Å². The van der Waals surface area contributed by atoms with Crippen LogP contribution in [0.5, 0.6) is 5.75 Å². The Morgan fingerprint density at radius 2 is 2.00 bits per heavy atom. The van der Waals surface area contributed by atoms with Crippen LogP contribution in [0, 0.1) is 5.82 Å². The summed E-state index contributed by atoms with van der Waals surface area (Å²) in [5, 5.41) is 9.19. The average molecular weight is 264 g/mol. The Morgan fingerprint density at radius 1 is 1.21 bits per heavy atom. The molecule has 1 atom stereocenters. The highest BCUT2D eigenvalue weighted by Gasteiger charge is 2.29. The average Bonchev–Trinajstić information content (AvgIpc) is 3.04. The molecular formula is C15H21FN2O. The minimum Gasteiger partial charge on any atom is -0.505 e. The molecule has 19 heavy (non-hydrogen) atoms. The molecule has 2 fully saturated rings. The minimum absolute atomic E-state index is 0.264. The number of phenolic OH excluding ortho intramolecular Hbond substituents is 1. The minimum atomic E-state index is -0.521. The van der Waals surface area contributed by atoms with Crippen molar-refractivity contribution < 1.29 is 9.50 Å². The lowest BCUT2D eigenvalue weighted by Gasteiger charge is -2.23. The first-order valence-corrected chi connectivity index (χ1v) is 7.16. The van der Waals surface area contributed by atoms with E-state index in [0.717, 1.165) is 25.2 Å². The quantitative estimate of drug-likeness (QED) is 0.906. The second kappa shape index (κ2) is 5.47. The predicted molar refractivity (Wildman–Crippen MR) is 72.6 cm³/mol. The Hall–Kier alpha value is -1.13. The molecule has 3 nitrogen and oxygen atoms in total. The largest absolute Gasteiger partial charge is 0.505 e. The summed E-state index contributed by atoms with van der Waals surface area (Å²) in [5.41, 5.74) is 0.942. The van der Waals surface area contributed by atoms with E-state index >= 15 is 0 Å². The van der Waals surface area contributed by atoms with E-state index in [1.807, 2.05) is 6.07 Å². The number of hydrogen-bond donors (Lipinski definition) is 1. The lowest BCUT2D eigenvalue weighted by atomic mass is 10.2. The van der Waals surface area contributed by atoms with Gasteiger partial charge in [-0.25, -0.2) is 4.39 Å². The fraction of sp³-hybridized carbons (Fsp3) is 0.600. The highest BCUT2D eigenvalue weighted by atomic mass is 19.1.